The number of ketones is 1. The molecule has 1 aromatic carbocycles. The van der Waals surface area contributed by atoms with Gasteiger partial charge in [0.05, 0.1) is 26.9 Å². The zero-order valence-corrected chi connectivity index (χ0v) is 19.4. The number of imidazole rings is 1. The topological polar surface area (TPSA) is 128 Å². The molecule has 0 fully saturated rings. The number of fused-ring (bicyclic) bond motifs is 3. The van der Waals surface area contributed by atoms with E-state index in [1.54, 1.807) is 6.92 Å². The Morgan fingerprint density at radius 3 is 2.61 bits per heavy atom. The number of benzene rings is 1. The maximum atomic E-state index is 13.3. The first-order chi connectivity index (χ1) is 15.7. The van der Waals surface area contributed by atoms with Gasteiger partial charge in [0.2, 0.25) is 0 Å². The molecule has 10 heteroatoms. The van der Waals surface area contributed by atoms with Crippen molar-refractivity contribution in [3.05, 3.63) is 67.9 Å². The molecule has 9 nitrogen and oxygen atoms in total. The number of nitriles is 1. The van der Waals surface area contributed by atoms with E-state index < -0.39 is 22.3 Å². The van der Waals surface area contributed by atoms with E-state index in [9.17, 15) is 19.6 Å². The molecular formula is C23H22N6O3S. The van der Waals surface area contributed by atoms with Gasteiger partial charge in [-0.05, 0) is 37.1 Å². The third kappa shape index (κ3) is 3.41. The first-order valence-electron chi connectivity index (χ1n) is 10.3. The standard InChI is InChI=1S/C23H22N6O3S/c1-5-13-10-17(29-16-9-7-6-8-15(16)26-21(29)14(13)11-24)33-12(2)19(30)18-20(25)27(3)23(32)28(4)22(18)31/h6-10,12H,5,25H2,1-4H3. The molecule has 1 unspecified atom stereocenters. The number of anilines is 1. The summed E-state index contributed by atoms with van der Waals surface area (Å²) in [5, 5.41) is 9.80. The molecule has 0 aliphatic carbocycles. The van der Waals surface area contributed by atoms with Crippen LogP contribution in [0.2, 0.25) is 0 Å². The maximum absolute atomic E-state index is 13.3. The van der Waals surface area contributed by atoms with Crippen LogP contribution in [-0.2, 0) is 20.5 Å². The van der Waals surface area contributed by atoms with Crippen molar-refractivity contribution in [1.29, 1.82) is 5.26 Å². The zero-order chi connectivity index (χ0) is 24.0. The average molecular weight is 463 g/mol. The number of carbonyl (C=O) groups is 1. The van der Waals surface area contributed by atoms with Gasteiger partial charge in [-0.3, -0.25) is 23.1 Å². The highest BCUT2D eigenvalue weighted by molar-refractivity contribution is 8.00. The Bertz CT molecular complexity index is 1610. The second-order valence-corrected chi connectivity index (χ2v) is 9.06. The van der Waals surface area contributed by atoms with Gasteiger partial charge in [0.15, 0.2) is 11.4 Å². The van der Waals surface area contributed by atoms with Crippen LogP contribution < -0.4 is 17.0 Å². The number of thioether (sulfide) groups is 1. The summed E-state index contributed by atoms with van der Waals surface area (Å²) in [5.41, 5.74) is 7.84. The molecule has 0 spiro atoms. The number of aromatic nitrogens is 4. The summed E-state index contributed by atoms with van der Waals surface area (Å²) in [6.45, 7) is 3.64. The lowest BCUT2D eigenvalue weighted by Crippen LogP contribution is -2.42. The number of nitrogen functional groups attached to an aromatic ring is 1. The fourth-order valence-electron chi connectivity index (χ4n) is 3.86. The Kier molecular flexibility index (Phi) is 5.59. The van der Waals surface area contributed by atoms with Gasteiger partial charge in [0.1, 0.15) is 17.5 Å². The predicted octanol–water partition coefficient (Wildman–Crippen LogP) is 2.26. The van der Waals surface area contributed by atoms with Gasteiger partial charge < -0.3 is 5.73 Å². The van der Waals surface area contributed by atoms with Crippen molar-refractivity contribution >= 4 is 40.0 Å². The monoisotopic (exact) mass is 462 g/mol. The van der Waals surface area contributed by atoms with Gasteiger partial charge in [0.25, 0.3) is 5.56 Å². The lowest BCUT2D eigenvalue weighted by Gasteiger charge is -2.16. The van der Waals surface area contributed by atoms with E-state index in [0.717, 1.165) is 30.8 Å². The summed E-state index contributed by atoms with van der Waals surface area (Å²) < 4.78 is 3.83. The molecule has 0 amide bonds. The Hall–Kier alpha value is -3.84. The molecule has 0 saturated heterocycles. The normalized spacial score (nSPS) is 12.2. The molecule has 4 rings (SSSR count). The summed E-state index contributed by atoms with van der Waals surface area (Å²) in [4.78, 5) is 42.8. The number of rotatable bonds is 5. The van der Waals surface area contributed by atoms with Gasteiger partial charge >= 0.3 is 5.69 Å². The number of Topliss-reactive ketones (excluding diaryl/α,β-unsaturated/α-hetero) is 1. The highest BCUT2D eigenvalue weighted by Gasteiger charge is 2.27. The summed E-state index contributed by atoms with van der Waals surface area (Å²) in [7, 11) is 2.73. The van der Waals surface area contributed by atoms with Crippen molar-refractivity contribution in [1.82, 2.24) is 18.5 Å². The Labute approximate surface area is 193 Å². The molecule has 0 bridgehead atoms. The third-order valence-corrected chi connectivity index (χ3v) is 6.85. The van der Waals surface area contributed by atoms with Crippen molar-refractivity contribution in [2.75, 3.05) is 5.73 Å². The number of nitrogens with two attached hydrogens (primary N) is 1. The van der Waals surface area contributed by atoms with E-state index in [1.165, 1.54) is 25.9 Å². The van der Waals surface area contributed by atoms with Crippen LogP contribution in [0.3, 0.4) is 0 Å². The van der Waals surface area contributed by atoms with Crippen LogP contribution in [0.5, 0.6) is 0 Å². The smallest absolute Gasteiger partial charge is 0.332 e. The summed E-state index contributed by atoms with van der Waals surface area (Å²) in [6, 6.07) is 11.7. The molecule has 0 radical (unpaired) electrons. The molecule has 0 saturated carbocycles. The van der Waals surface area contributed by atoms with Gasteiger partial charge in [-0.15, -0.1) is 0 Å². The minimum absolute atomic E-state index is 0.159. The number of pyridine rings is 1. The van der Waals surface area contributed by atoms with Gasteiger partial charge in [-0.1, -0.05) is 30.8 Å². The maximum Gasteiger partial charge on any atom is 0.332 e. The molecule has 0 aliphatic rings. The molecule has 0 aliphatic heterocycles. The lowest BCUT2D eigenvalue weighted by molar-refractivity contribution is 0.0992. The van der Waals surface area contributed by atoms with Crippen LogP contribution in [0.4, 0.5) is 5.82 Å². The molecule has 2 N–H and O–H groups in total. The Balaban J connectivity index is 1.88. The molecule has 3 heterocycles. The lowest BCUT2D eigenvalue weighted by atomic mass is 10.1. The van der Waals surface area contributed by atoms with Crippen molar-refractivity contribution in [3.63, 3.8) is 0 Å². The van der Waals surface area contributed by atoms with Crippen molar-refractivity contribution < 1.29 is 4.79 Å². The Morgan fingerprint density at radius 2 is 1.94 bits per heavy atom. The number of aryl methyl sites for hydroxylation is 1. The third-order valence-electron chi connectivity index (χ3n) is 5.74. The van der Waals surface area contributed by atoms with E-state index in [-0.39, 0.29) is 11.4 Å². The second kappa shape index (κ2) is 8.26. The van der Waals surface area contributed by atoms with Crippen LogP contribution in [-0.4, -0.2) is 29.6 Å². The van der Waals surface area contributed by atoms with Gasteiger partial charge in [0, 0.05) is 14.1 Å². The molecule has 3 aromatic heterocycles. The Morgan fingerprint density at radius 1 is 1.24 bits per heavy atom. The number of para-hydroxylation sites is 2. The zero-order valence-electron chi connectivity index (χ0n) is 18.6. The van der Waals surface area contributed by atoms with Crippen molar-refractivity contribution in [2.45, 2.75) is 30.5 Å². The van der Waals surface area contributed by atoms with Crippen LogP contribution in [0.15, 0.2) is 44.9 Å². The number of hydrogen-bond donors (Lipinski definition) is 1. The number of hydrogen-bond acceptors (Lipinski definition) is 7. The van der Waals surface area contributed by atoms with Crippen molar-refractivity contribution in [3.8, 4) is 6.07 Å². The first kappa shape index (κ1) is 22.4. The molecular weight excluding hydrogens is 440 g/mol. The molecule has 1 atom stereocenters. The highest BCUT2D eigenvalue weighted by Crippen LogP contribution is 2.33. The largest absolute Gasteiger partial charge is 0.384 e. The van der Waals surface area contributed by atoms with E-state index in [4.69, 9.17) is 5.73 Å². The number of nitrogens with zero attached hydrogens (tertiary/aromatic N) is 5. The summed E-state index contributed by atoms with van der Waals surface area (Å²) in [5.74, 6) is -0.637. The fourth-order valence-corrected chi connectivity index (χ4v) is 4.95. The molecule has 33 heavy (non-hydrogen) atoms. The van der Waals surface area contributed by atoms with Crippen LogP contribution in [0.25, 0.3) is 16.7 Å². The van der Waals surface area contributed by atoms with E-state index in [0.29, 0.717) is 17.6 Å². The van der Waals surface area contributed by atoms with E-state index in [2.05, 4.69) is 11.1 Å². The van der Waals surface area contributed by atoms with Crippen LogP contribution in [0.1, 0.15) is 35.3 Å². The van der Waals surface area contributed by atoms with Gasteiger partial charge in [-0.2, -0.15) is 5.26 Å². The first-order valence-corrected chi connectivity index (χ1v) is 11.2. The van der Waals surface area contributed by atoms with Gasteiger partial charge in [-0.25, -0.2) is 9.78 Å². The van der Waals surface area contributed by atoms with E-state index >= 15 is 0 Å². The van der Waals surface area contributed by atoms with Crippen LogP contribution >= 0.6 is 11.8 Å². The summed E-state index contributed by atoms with van der Waals surface area (Å²) in [6.07, 6.45) is 0.618. The SMILES string of the molecule is CCc1cc(SC(C)C(=O)c2c(N)n(C)c(=O)n(C)c2=O)n2c(nc3ccccc32)c1C#N. The predicted molar refractivity (Wildman–Crippen MR) is 128 cm³/mol. The van der Waals surface area contributed by atoms with Crippen molar-refractivity contribution in [2.24, 2.45) is 14.1 Å². The quantitative estimate of drug-likeness (QED) is 0.356. The minimum Gasteiger partial charge on any atom is -0.384 e. The minimum atomic E-state index is -0.722. The fraction of sp³-hybridized carbons (Fsp3) is 0.261. The number of carbonyl (C=O) groups excluding carboxylic acids is 1. The molecule has 4 aromatic rings. The average Bonchev–Trinajstić information content (AvgIpc) is 3.20. The van der Waals surface area contributed by atoms with E-state index in [1.807, 2.05) is 41.7 Å². The molecule has 168 valence electrons. The highest BCUT2D eigenvalue weighted by atomic mass is 32.2. The summed E-state index contributed by atoms with van der Waals surface area (Å²) >= 11 is 1.25. The van der Waals surface area contributed by atoms with Crippen LogP contribution in [0, 0.1) is 11.3 Å². The second-order valence-electron chi connectivity index (χ2n) is 7.70.